The van der Waals surface area contributed by atoms with Crippen LogP contribution in [-0.2, 0) is 4.79 Å². The van der Waals surface area contributed by atoms with Crippen molar-refractivity contribution >= 4 is 41.1 Å². The van der Waals surface area contributed by atoms with E-state index in [0.717, 1.165) is 50.2 Å². The summed E-state index contributed by atoms with van der Waals surface area (Å²) in [6.45, 7) is 13.3. The Morgan fingerprint density at radius 1 is 1.29 bits per heavy atom. The summed E-state index contributed by atoms with van der Waals surface area (Å²) >= 11 is 14.4. The van der Waals surface area contributed by atoms with E-state index in [1.807, 2.05) is 6.07 Å². The van der Waals surface area contributed by atoms with E-state index in [0.29, 0.717) is 22.6 Å². The normalized spacial score (nSPS) is 21.7. The molecule has 1 aromatic carbocycles. The Hall–Kier alpha value is -0.920. The number of nitrogens with one attached hydrogen (secondary N) is 2. The maximum atomic E-state index is 12.1. The van der Waals surface area contributed by atoms with Crippen molar-refractivity contribution in [2.45, 2.75) is 56.9 Å². The Morgan fingerprint density at radius 2 is 1.97 bits per heavy atom. The lowest BCUT2D eigenvalue weighted by Gasteiger charge is -2.39. The predicted molar refractivity (Wildman–Crippen MR) is 131 cm³/mol. The molecule has 2 heterocycles. The molecule has 2 N–H and O–H groups in total. The zero-order valence-electron chi connectivity index (χ0n) is 18.5. The number of halogens is 2. The van der Waals surface area contributed by atoms with E-state index in [1.165, 1.54) is 0 Å². The molecule has 172 valence electrons. The Balaban J connectivity index is 1.83. The first kappa shape index (κ1) is 24.7. The van der Waals surface area contributed by atoms with Crippen LogP contribution >= 0.6 is 35.1 Å². The fraction of sp³-hybridized carbons (Fsp3) is 0.609. The number of benzene rings is 1. The van der Waals surface area contributed by atoms with Crippen molar-refractivity contribution in [3.8, 4) is 5.75 Å². The zero-order chi connectivity index (χ0) is 22.6. The van der Waals surface area contributed by atoms with Crippen LogP contribution in [0.3, 0.4) is 0 Å². The van der Waals surface area contributed by atoms with E-state index in [2.05, 4.69) is 42.3 Å². The SMILES string of the molecule is C=CCOc1cc(Cl)c(Cl)cc1C(NSC(C)(C)C)C1CCN(C2CCNC2=O)CC1. The van der Waals surface area contributed by atoms with E-state index < -0.39 is 0 Å². The highest BCUT2D eigenvalue weighted by Crippen LogP contribution is 2.42. The van der Waals surface area contributed by atoms with Crippen molar-refractivity contribution in [3.05, 3.63) is 40.4 Å². The summed E-state index contributed by atoms with van der Waals surface area (Å²) in [6, 6.07) is 3.81. The maximum Gasteiger partial charge on any atom is 0.237 e. The predicted octanol–water partition coefficient (Wildman–Crippen LogP) is 5.24. The van der Waals surface area contributed by atoms with Crippen molar-refractivity contribution < 1.29 is 9.53 Å². The maximum absolute atomic E-state index is 12.1. The van der Waals surface area contributed by atoms with Crippen LogP contribution in [0.2, 0.25) is 10.0 Å². The Morgan fingerprint density at radius 3 is 2.55 bits per heavy atom. The molecule has 2 aliphatic heterocycles. The van der Waals surface area contributed by atoms with E-state index in [4.69, 9.17) is 27.9 Å². The van der Waals surface area contributed by atoms with Crippen molar-refractivity contribution in [2.24, 2.45) is 5.92 Å². The fourth-order valence-corrected chi connectivity index (χ4v) is 5.33. The highest BCUT2D eigenvalue weighted by molar-refractivity contribution is 7.98. The van der Waals surface area contributed by atoms with Crippen LogP contribution in [0.25, 0.3) is 0 Å². The van der Waals surface area contributed by atoms with Crippen molar-refractivity contribution in [1.82, 2.24) is 14.9 Å². The molecule has 8 heteroatoms. The van der Waals surface area contributed by atoms with Crippen molar-refractivity contribution in [2.75, 3.05) is 26.2 Å². The first-order chi connectivity index (χ1) is 14.7. The number of carbonyl (C=O) groups is 1. The van der Waals surface area contributed by atoms with Crippen molar-refractivity contribution in [1.29, 1.82) is 0 Å². The van der Waals surface area contributed by atoms with Gasteiger partial charge in [0.05, 0.1) is 16.1 Å². The van der Waals surface area contributed by atoms with Gasteiger partial charge in [-0.05, 0) is 65.1 Å². The van der Waals surface area contributed by atoms with Crippen LogP contribution in [0.15, 0.2) is 24.8 Å². The number of rotatable bonds is 8. The van der Waals surface area contributed by atoms with Crippen LogP contribution in [0, 0.1) is 5.92 Å². The molecule has 31 heavy (non-hydrogen) atoms. The molecule has 0 bridgehead atoms. The van der Waals surface area contributed by atoms with E-state index in [-0.39, 0.29) is 22.7 Å². The summed E-state index contributed by atoms with van der Waals surface area (Å²) in [6.07, 6.45) is 4.61. The average Bonchev–Trinajstić information content (AvgIpc) is 3.15. The standard InChI is InChI=1S/C23H33Cl2N3O2S/c1-5-12-30-20-14-18(25)17(24)13-16(20)21(27-31-23(2,3)4)15-7-10-28(11-8-15)19-6-9-26-22(19)29/h5,13-15,19,21,27H,1,6-12H2,2-4H3,(H,26,29). The fourth-order valence-electron chi connectivity index (χ4n) is 4.21. The first-order valence-corrected chi connectivity index (χ1v) is 12.4. The third-order valence-electron chi connectivity index (χ3n) is 5.74. The molecule has 0 spiro atoms. The molecule has 2 saturated heterocycles. The molecule has 0 saturated carbocycles. The minimum absolute atomic E-state index is 0.0211. The average molecular weight is 487 g/mol. The molecule has 5 nitrogen and oxygen atoms in total. The number of nitrogens with zero attached hydrogens (tertiary/aromatic N) is 1. The van der Waals surface area contributed by atoms with Gasteiger partial charge in [-0.3, -0.25) is 14.4 Å². The zero-order valence-corrected chi connectivity index (χ0v) is 20.9. The molecule has 1 aromatic rings. The molecule has 0 aromatic heterocycles. The third kappa shape index (κ3) is 6.55. The molecule has 1 amide bonds. The molecule has 3 rings (SSSR count). The first-order valence-electron chi connectivity index (χ1n) is 10.9. The van der Waals surface area contributed by atoms with Crippen LogP contribution in [-0.4, -0.2) is 47.8 Å². The summed E-state index contributed by atoms with van der Waals surface area (Å²) in [5.41, 5.74) is 1.02. The van der Waals surface area contributed by atoms with Gasteiger partial charge in [-0.25, -0.2) is 0 Å². The van der Waals surface area contributed by atoms with Gasteiger partial charge in [0, 0.05) is 29.0 Å². The van der Waals surface area contributed by atoms with Gasteiger partial charge < -0.3 is 10.1 Å². The minimum Gasteiger partial charge on any atom is -0.489 e. The lowest BCUT2D eigenvalue weighted by Crippen LogP contribution is -2.46. The summed E-state index contributed by atoms with van der Waals surface area (Å²) in [7, 11) is 0. The van der Waals surface area contributed by atoms with Gasteiger partial charge in [0.25, 0.3) is 0 Å². The molecular formula is C23H33Cl2N3O2S. The highest BCUT2D eigenvalue weighted by Gasteiger charge is 2.36. The van der Waals surface area contributed by atoms with Gasteiger partial charge in [-0.15, -0.1) is 0 Å². The molecule has 0 radical (unpaired) electrons. The molecule has 0 aliphatic carbocycles. The van der Waals surface area contributed by atoms with Gasteiger partial charge in [-0.2, -0.15) is 0 Å². The minimum atomic E-state index is 0.0211. The Labute approximate surface area is 200 Å². The highest BCUT2D eigenvalue weighted by atomic mass is 35.5. The number of likely N-dealkylation sites (tertiary alicyclic amines) is 1. The molecule has 2 atom stereocenters. The summed E-state index contributed by atoms with van der Waals surface area (Å²) in [5, 5.41) is 3.96. The van der Waals surface area contributed by atoms with Crippen LogP contribution in [0.5, 0.6) is 5.75 Å². The molecule has 2 unspecified atom stereocenters. The lowest BCUT2D eigenvalue weighted by molar-refractivity contribution is -0.124. The Bertz CT molecular complexity index is 792. The summed E-state index contributed by atoms with van der Waals surface area (Å²) in [4.78, 5) is 14.4. The topological polar surface area (TPSA) is 53.6 Å². The number of hydrogen-bond donors (Lipinski definition) is 2. The van der Waals surface area contributed by atoms with Crippen LogP contribution in [0.4, 0.5) is 0 Å². The van der Waals surface area contributed by atoms with Crippen LogP contribution in [0.1, 0.15) is 51.6 Å². The number of carbonyl (C=O) groups excluding carboxylic acids is 1. The van der Waals surface area contributed by atoms with Gasteiger partial charge in [0.2, 0.25) is 5.91 Å². The largest absolute Gasteiger partial charge is 0.489 e. The van der Waals surface area contributed by atoms with E-state index in [1.54, 1.807) is 24.1 Å². The van der Waals surface area contributed by atoms with Gasteiger partial charge in [0.15, 0.2) is 0 Å². The molecular weight excluding hydrogens is 453 g/mol. The van der Waals surface area contributed by atoms with Crippen molar-refractivity contribution in [3.63, 3.8) is 0 Å². The number of amides is 1. The number of piperidine rings is 1. The lowest BCUT2D eigenvalue weighted by atomic mass is 9.85. The monoisotopic (exact) mass is 485 g/mol. The summed E-state index contributed by atoms with van der Waals surface area (Å²) in [5.74, 6) is 1.29. The number of hydrogen-bond acceptors (Lipinski definition) is 5. The molecule has 2 fully saturated rings. The second-order valence-corrected chi connectivity index (χ2v) is 11.7. The second-order valence-electron chi connectivity index (χ2n) is 9.18. The van der Waals surface area contributed by atoms with Gasteiger partial charge in [-0.1, -0.05) is 47.8 Å². The smallest absolute Gasteiger partial charge is 0.237 e. The third-order valence-corrected chi connectivity index (χ3v) is 7.45. The van der Waals surface area contributed by atoms with E-state index >= 15 is 0 Å². The molecule has 2 aliphatic rings. The quantitative estimate of drug-likeness (QED) is 0.389. The van der Waals surface area contributed by atoms with E-state index in [9.17, 15) is 4.79 Å². The van der Waals surface area contributed by atoms with Crippen LogP contribution < -0.4 is 14.8 Å². The second kappa shape index (κ2) is 10.8. The number of ether oxygens (including phenoxy) is 1. The Kier molecular flexibility index (Phi) is 8.61. The van der Waals surface area contributed by atoms with Gasteiger partial charge >= 0.3 is 0 Å². The summed E-state index contributed by atoms with van der Waals surface area (Å²) < 4.78 is 9.74. The van der Waals surface area contributed by atoms with Gasteiger partial charge in [0.1, 0.15) is 12.4 Å².